The smallest absolute Gasteiger partial charge is 0.124 e. The van der Waals surface area contributed by atoms with Crippen molar-refractivity contribution in [2.75, 3.05) is 7.11 Å². The van der Waals surface area contributed by atoms with Crippen molar-refractivity contribution in [1.82, 2.24) is 0 Å². The fourth-order valence-electron chi connectivity index (χ4n) is 1.52. The van der Waals surface area contributed by atoms with Crippen molar-refractivity contribution < 1.29 is 9.84 Å². The maximum absolute atomic E-state index is 9.99. The van der Waals surface area contributed by atoms with Crippen LogP contribution >= 0.6 is 0 Å². The molecule has 0 bridgehead atoms. The quantitative estimate of drug-likeness (QED) is 0.794. The second-order valence-electron chi connectivity index (χ2n) is 3.76. The lowest BCUT2D eigenvalue weighted by Gasteiger charge is -2.20. The molecule has 0 radical (unpaired) electrons. The number of ether oxygens (including phenoxy) is 1. The van der Waals surface area contributed by atoms with Crippen LogP contribution in [0.3, 0.4) is 0 Å². The zero-order valence-corrected chi connectivity index (χ0v) is 9.53. The Morgan fingerprint density at radius 1 is 1.47 bits per heavy atom. The predicted octanol–water partition coefficient (Wildman–Crippen LogP) is 1.77. The third-order valence-electron chi connectivity index (χ3n) is 2.58. The highest BCUT2D eigenvalue weighted by molar-refractivity contribution is 5.39. The number of benzene rings is 1. The van der Waals surface area contributed by atoms with Crippen molar-refractivity contribution in [2.24, 2.45) is 5.73 Å². The van der Waals surface area contributed by atoms with E-state index in [0.717, 1.165) is 17.5 Å². The minimum atomic E-state index is -0.662. The van der Waals surface area contributed by atoms with E-state index < -0.39 is 6.10 Å². The van der Waals surface area contributed by atoms with E-state index in [-0.39, 0.29) is 6.04 Å². The first-order chi connectivity index (χ1) is 7.10. The van der Waals surface area contributed by atoms with Crippen LogP contribution in [0.5, 0.6) is 5.75 Å². The molecule has 3 heteroatoms. The summed E-state index contributed by atoms with van der Waals surface area (Å²) >= 11 is 0. The van der Waals surface area contributed by atoms with Gasteiger partial charge in [-0.3, -0.25) is 0 Å². The Labute approximate surface area is 90.9 Å². The molecule has 1 rings (SSSR count). The zero-order valence-electron chi connectivity index (χ0n) is 9.53. The molecule has 0 saturated carbocycles. The van der Waals surface area contributed by atoms with Crippen LogP contribution in [0.4, 0.5) is 0 Å². The molecule has 0 aromatic heterocycles. The molecule has 0 aliphatic carbocycles. The molecule has 84 valence electrons. The summed E-state index contributed by atoms with van der Waals surface area (Å²) in [7, 11) is 1.60. The van der Waals surface area contributed by atoms with Gasteiger partial charge in [0.1, 0.15) is 5.75 Å². The molecule has 0 aliphatic heterocycles. The molecule has 0 aliphatic rings. The van der Waals surface area contributed by atoms with Gasteiger partial charge in [0.2, 0.25) is 0 Å². The van der Waals surface area contributed by atoms with Gasteiger partial charge in [-0.2, -0.15) is 0 Å². The van der Waals surface area contributed by atoms with Gasteiger partial charge in [0.15, 0.2) is 0 Å². The Morgan fingerprint density at radius 2 is 2.13 bits per heavy atom. The van der Waals surface area contributed by atoms with Crippen molar-refractivity contribution in [1.29, 1.82) is 0 Å². The normalized spacial score (nSPS) is 14.7. The van der Waals surface area contributed by atoms with Crippen LogP contribution in [0.15, 0.2) is 18.2 Å². The van der Waals surface area contributed by atoms with Crippen molar-refractivity contribution in [3.8, 4) is 5.75 Å². The summed E-state index contributed by atoms with van der Waals surface area (Å²) in [4.78, 5) is 0. The van der Waals surface area contributed by atoms with E-state index in [4.69, 9.17) is 10.5 Å². The predicted molar refractivity (Wildman–Crippen MR) is 61.0 cm³/mol. The Morgan fingerprint density at radius 3 is 2.67 bits per heavy atom. The molecule has 0 spiro atoms. The number of nitrogens with two attached hydrogens (primary N) is 1. The standard InChI is InChI=1S/C12H19NO2/c1-4-10(13)12(14)9-6-5-8(2)7-11(9)15-3/h5-7,10,12,14H,4,13H2,1-3H3. The fourth-order valence-corrected chi connectivity index (χ4v) is 1.52. The molecule has 1 aromatic carbocycles. The topological polar surface area (TPSA) is 55.5 Å². The van der Waals surface area contributed by atoms with Gasteiger partial charge in [0.05, 0.1) is 13.2 Å². The van der Waals surface area contributed by atoms with Crippen molar-refractivity contribution in [2.45, 2.75) is 32.4 Å². The van der Waals surface area contributed by atoms with E-state index in [9.17, 15) is 5.11 Å². The number of rotatable bonds is 4. The highest BCUT2D eigenvalue weighted by Gasteiger charge is 2.18. The van der Waals surface area contributed by atoms with E-state index >= 15 is 0 Å². The largest absolute Gasteiger partial charge is 0.496 e. The Kier molecular flexibility index (Phi) is 4.12. The summed E-state index contributed by atoms with van der Waals surface area (Å²) in [5.74, 6) is 0.700. The molecule has 0 saturated heterocycles. The number of aliphatic hydroxyl groups excluding tert-OH is 1. The minimum absolute atomic E-state index is 0.249. The lowest BCUT2D eigenvalue weighted by molar-refractivity contribution is 0.141. The molecule has 2 atom stereocenters. The summed E-state index contributed by atoms with van der Waals surface area (Å²) in [5.41, 5.74) is 7.67. The molecular weight excluding hydrogens is 190 g/mol. The van der Waals surface area contributed by atoms with E-state index in [1.54, 1.807) is 7.11 Å². The number of methoxy groups -OCH3 is 1. The lowest BCUT2D eigenvalue weighted by Crippen LogP contribution is -2.27. The molecule has 2 unspecified atom stereocenters. The van der Waals surface area contributed by atoms with Crippen molar-refractivity contribution >= 4 is 0 Å². The van der Waals surface area contributed by atoms with E-state index in [1.807, 2.05) is 32.0 Å². The second-order valence-corrected chi connectivity index (χ2v) is 3.76. The van der Waals surface area contributed by atoms with E-state index in [0.29, 0.717) is 5.75 Å². The minimum Gasteiger partial charge on any atom is -0.496 e. The molecule has 15 heavy (non-hydrogen) atoms. The maximum Gasteiger partial charge on any atom is 0.124 e. The van der Waals surface area contributed by atoms with E-state index in [1.165, 1.54) is 0 Å². The van der Waals surface area contributed by atoms with Crippen LogP contribution in [-0.2, 0) is 0 Å². The van der Waals surface area contributed by atoms with Crippen molar-refractivity contribution in [3.63, 3.8) is 0 Å². The van der Waals surface area contributed by atoms with Gasteiger partial charge < -0.3 is 15.6 Å². The molecular formula is C12H19NO2. The summed E-state index contributed by atoms with van der Waals surface area (Å²) in [6.07, 6.45) is 0.0728. The van der Waals surface area contributed by atoms with Crippen LogP contribution < -0.4 is 10.5 Å². The molecule has 0 amide bonds. The number of hydrogen-bond acceptors (Lipinski definition) is 3. The molecule has 1 aromatic rings. The third kappa shape index (κ3) is 2.70. The van der Waals surface area contributed by atoms with Crippen LogP contribution in [0.25, 0.3) is 0 Å². The third-order valence-corrected chi connectivity index (χ3v) is 2.58. The second kappa shape index (κ2) is 5.14. The van der Waals surface area contributed by atoms with Gasteiger partial charge in [0.25, 0.3) is 0 Å². The van der Waals surface area contributed by atoms with Crippen LogP contribution in [-0.4, -0.2) is 18.3 Å². The first-order valence-electron chi connectivity index (χ1n) is 5.18. The number of hydrogen-bond donors (Lipinski definition) is 2. The average molecular weight is 209 g/mol. The summed E-state index contributed by atoms with van der Waals surface area (Å²) in [6.45, 7) is 3.94. The SMILES string of the molecule is CCC(N)C(O)c1ccc(C)cc1OC. The molecule has 0 fully saturated rings. The molecule has 0 heterocycles. The van der Waals surface area contributed by atoms with Gasteiger partial charge in [-0.25, -0.2) is 0 Å². The fraction of sp³-hybridized carbons (Fsp3) is 0.500. The van der Waals surface area contributed by atoms with Gasteiger partial charge in [-0.15, -0.1) is 0 Å². The number of aryl methyl sites for hydroxylation is 1. The summed E-state index contributed by atoms with van der Waals surface area (Å²) in [6, 6.07) is 5.47. The van der Waals surface area contributed by atoms with Crippen LogP contribution in [0, 0.1) is 6.92 Å². The van der Waals surface area contributed by atoms with Crippen molar-refractivity contribution in [3.05, 3.63) is 29.3 Å². The molecule has 3 N–H and O–H groups in total. The lowest BCUT2D eigenvalue weighted by atomic mass is 9.99. The summed E-state index contributed by atoms with van der Waals surface area (Å²) in [5, 5.41) is 9.99. The molecule has 3 nitrogen and oxygen atoms in total. The summed E-state index contributed by atoms with van der Waals surface area (Å²) < 4.78 is 5.23. The van der Waals surface area contributed by atoms with E-state index in [2.05, 4.69) is 0 Å². The zero-order chi connectivity index (χ0) is 11.4. The highest BCUT2D eigenvalue weighted by Crippen LogP contribution is 2.28. The van der Waals surface area contributed by atoms with Crippen LogP contribution in [0.1, 0.15) is 30.6 Å². The van der Waals surface area contributed by atoms with Gasteiger partial charge >= 0.3 is 0 Å². The van der Waals surface area contributed by atoms with Crippen LogP contribution in [0.2, 0.25) is 0 Å². The Hall–Kier alpha value is -1.06. The first-order valence-corrected chi connectivity index (χ1v) is 5.18. The van der Waals surface area contributed by atoms with Gasteiger partial charge in [-0.1, -0.05) is 19.1 Å². The number of aliphatic hydroxyl groups is 1. The maximum atomic E-state index is 9.99. The monoisotopic (exact) mass is 209 g/mol. The highest BCUT2D eigenvalue weighted by atomic mass is 16.5. The first kappa shape index (κ1) is 12.0. The Balaban J connectivity index is 3.02. The van der Waals surface area contributed by atoms with Gasteiger partial charge in [0, 0.05) is 11.6 Å². The van der Waals surface area contributed by atoms with Gasteiger partial charge in [-0.05, 0) is 25.0 Å². The average Bonchev–Trinajstić information content (AvgIpc) is 2.26. The Bertz CT molecular complexity index is 325.